The molecular weight excluding hydrogens is 260 g/mol. The van der Waals surface area contributed by atoms with E-state index in [1.54, 1.807) is 0 Å². The van der Waals surface area contributed by atoms with Crippen LogP contribution in [0.5, 0.6) is 0 Å². The first-order valence-corrected chi connectivity index (χ1v) is 8.54. The van der Waals surface area contributed by atoms with Crippen LogP contribution in [0.3, 0.4) is 0 Å². The van der Waals surface area contributed by atoms with Crippen molar-refractivity contribution in [3.8, 4) is 0 Å². The summed E-state index contributed by atoms with van der Waals surface area (Å²) < 4.78 is 0. The van der Waals surface area contributed by atoms with Crippen LogP contribution < -0.4 is 0 Å². The highest BCUT2D eigenvalue weighted by Crippen LogP contribution is 2.18. The fraction of sp³-hybridized carbons (Fsp3) is 0.684. The molecule has 0 radical (unpaired) electrons. The Morgan fingerprint density at radius 1 is 0.952 bits per heavy atom. The van der Waals surface area contributed by atoms with Crippen LogP contribution in [0.1, 0.15) is 77.0 Å². The molecule has 1 aliphatic carbocycles. The van der Waals surface area contributed by atoms with E-state index >= 15 is 0 Å². The molecule has 0 amide bonds. The normalized spacial score (nSPS) is 25.4. The van der Waals surface area contributed by atoms with Gasteiger partial charge in [-0.3, -0.25) is 9.59 Å². The van der Waals surface area contributed by atoms with Crippen LogP contribution in [-0.4, -0.2) is 11.6 Å². The van der Waals surface area contributed by atoms with Crippen LogP contribution >= 0.6 is 0 Å². The SMILES string of the molecule is C=CCC1CC/C=C/CCCCCCC(=O)CCCC1=O. The van der Waals surface area contributed by atoms with E-state index in [9.17, 15) is 9.59 Å². The molecule has 0 saturated heterocycles. The summed E-state index contributed by atoms with van der Waals surface area (Å²) >= 11 is 0. The fourth-order valence-corrected chi connectivity index (χ4v) is 2.87. The predicted octanol–water partition coefficient (Wildman–Crippen LogP) is 5.18. The molecule has 0 fully saturated rings. The van der Waals surface area contributed by atoms with Crippen molar-refractivity contribution in [1.82, 2.24) is 0 Å². The zero-order valence-corrected chi connectivity index (χ0v) is 13.3. The number of carbonyl (C=O) groups excluding carboxylic acids is 2. The minimum absolute atomic E-state index is 0.0927. The summed E-state index contributed by atoms with van der Waals surface area (Å²) in [6.07, 6.45) is 17.2. The Labute approximate surface area is 129 Å². The summed E-state index contributed by atoms with van der Waals surface area (Å²) in [5, 5.41) is 0. The van der Waals surface area contributed by atoms with Gasteiger partial charge in [-0.1, -0.05) is 31.1 Å². The molecule has 0 spiro atoms. The summed E-state index contributed by atoms with van der Waals surface area (Å²) in [6.45, 7) is 3.76. The second-order valence-electron chi connectivity index (χ2n) is 6.08. The number of hydrogen-bond donors (Lipinski definition) is 0. The van der Waals surface area contributed by atoms with Crippen molar-refractivity contribution in [1.29, 1.82) is 0 Å². The van der Waals surface area contributed by atoms with Crippen molar-refractivity contribution in [2.75, 3.05) is 0 Å². The monoisotopic (exact) mass is 290 g/mol. The third-order valence-corrected chi connectivity index (χ3v) is 4.21. The van der Waals surface area contributed by atoms with E-state index in [1.807, 2.05) is 6.08 Å². The van der Waals surface area contributed by atoms with Gasteiger partial charge < -0.3 is 0 Å². The number of rotatable bonds is 2. The van der Waals surface area contributed by atoms with E-state index in [0.29, 0.717) is 30.8 Å². The molecule has 1 atom stereocenters. The van der Waals surface area contributed by atoms with Crippen LogP contribution in [0, 0.1) is 5.92 Å². The van der Waals surface area contributed by atoms with Crippen LogP contribution in [0.15, 0.2) is 24.8 Å². The van der Waals surface area contributed by atoms with Crippen molar-refractivity contribution >= 4 is 11.6 Å². The quantitative estimate of drug-likeness (QED) is 0.657. The summed E-state index contributed by atoms with van der Waals surface area (Å²) in [7, 11) is 0. The van der Waals surface area contributed by atoms with Crippen LogP contribution in [-0.2, 0) is 9.59 Å². The molecule has 0 bridgehead atoms. The molecule has 0 heterocycles. The van der Waals surface area contributed by atoms with Gasteiger partial charge in [0.05, 0.1) is 0 Å². The molecule has 1 rings (SSSR count). The maximum atomic E-state index is 12.2. The van der Waals surface area contributed by atoms with E-state index in [1.165, 1.54) is 12.8 Å². The van der Waals surface area contributed by atoms with Gasteiger partial charge >= 0.3 is 0 Å². The van der Waals surface area contributed by atoms with Gasteiger partial charge in [-0.05, 0) is 44.9 Å². The predicted molar refractivity (Wildman–Crippen MR) is 88.2 cm³/mol. The second-order valence-corrected chi connectivity index (χ2v) is 6.08. The molecule has 2 heteroatoms. The average molecular weight is 290 g/mol. The smallest absolute Gasteiger partial charge is 0.136 e. The Kier molecular flexibility index (Phi) is 9.77. The minimum Gasteiger partial charge on any atom is -0.300 e. The molecule has 1 aliphatic rings. The highest BCUT2D eigenvalue weighted by Gasteiger charge is 2.16. The van der Waals surface area contributed by atoms with Crippen molar-refractivity contribution in [3.63, 3.8) is 0 Å². The summed E-state index contributed by atoms with van der Waals surface area (Å²) in [4.78, 5) is 24.0. The lowest BCUT2D eigenvalue weighted by atomic mass is 9.91. The van der Waals surface area contributed by atoms with Gasteiger partial charge in [-0.25, -0.2) is 0 Å². The van der Waals surface area contributed by atoms with Crippen molar-refractivity contribution in [2.45, 2.75) is 77.0 Å². The number of hydrogen-bond acceptors (Lipinski definition) is 2. The van der Waals surface area contributed by atoms with Gasteiger partial charge in [0.1, 0.15) is 11.6 Å². The van der Waals surface area contributed by atoms with E-state index in [-0.39, 0.29) is 5.92 Å². The lowest BCUT2D eigenvalue weighted by Gasteiger charge is -2.13. The Hall–Kier alpha value is -1.18. The maximum absolute atomic E-state index is 12.2. The van der Waals surface area contributed by atoms with Crippen LogP contribution in [0.2, 0.25) is 0 Å². The highest BCUT2D eigenvalue weighted by atomic mass is 16.1. The number of ketones is 2. The first kappa shape index (κ1) is 17.9. The molecule has 0 aromatic heterocycles. The topological polar surface area (TPSA) is 34.1 Å². The summed E-state index contributed by atoms with van der Waals surface area (Å²) in [5.74, 6) is 0.730. The Morgan fingerprint density at radius 2 is 1.67 bits per heavy atom. The number of Topliss-reactive ketones (excluding diaryl/α,β-unsaturated/α-hetero) is 2. The molecule has 0 aliphatic heterocycles. The van der Waals surface area contributed by atoms with Gasteiger partial charge in [-0.15, -0.1) is 6.58 Å². The lowest BCUT2D eigenvalue weighted by Crippen LogP contribution is -2.14. The summed E-state index contributed by atoms with van der Waals surface area (Å²) in [5.41, 5.74) is 0. The Morgan fingerprint density at radius 3 is 2.48 bits per heavy atom. The molecule has 0 aromatic rings. The highest BCUT2D eigenvalue weighted by molar-refractivity contribution is 5.82. The molecule has 21 heavy (non-hydrogen) atoms. The minimum atomic E-state index is 0.0927. The molecule has 1 unspecified atom stereocenters. The van der Waals surface area contributed by atoms with Crippen molar-refractivity contribution in [2.24, 2.45) is 5.92 Å². The van der Waals surface area contributed by atoms with E-state index in [4.69, 9.17) is 0 Å². The van der Waals surface area contributed by atoms with E-state index < -0.39 is 0 Å². The Balaban J connectivity index is 2.51. The average Bonchev–Trinajstić information content (AvgIpc) is 2.46. The Bertz CT molecular complexity index is 355. The first-order chi connectivity index (χ1) is 10.2. The molecule has 0 saturated carbocycles. The molecule has 118 valence electrons. The maximum Gasteiger partial charge on any atom is 0.136 e. The number of allylic oxidation sites excluding steroid dienone is 3. The van der Waals surface area contributed by atoms with Gasteiger partial charge in [0, 0.05) is 25.2 Å². The van der Waals surface area contributed by atoms with E-state index in [2.05, 4.69) is 18.7 Å². The largest absolute Gasteiger partial charge is 0.300 e. The van der Waals surface area contributed by atoms with Crippen LogP contribution in [0.25, 0.3) is 0 Å². The van der Waals surface area contributed by atoms with Crippen molar-refractivity contribution < 1.29 is 9.59 Å². The molecule has 2 nitrogen and oxygen atoms in total. The third kappa shape index (κ3) is 8.64. The van der Waals surface area contributed by atoms with Crippen molar-refractivity contribution in [3.05, 3.63) is 24.8 Å². The zero-order chi connectivity index (χ0) is 15.3. The fourth-order valence-electron chi connectivity index (χ4n) is 2.87. The molecular formula is C19H30O2. The van der Waals surface area contributed by atoms with Gasteiger partial charge in [0.2, 0.25) is 0 Å². The second kappa shape index (κ2) is 11.5. The van der Waals surface area contributed by atoms with Gasteiger partial charge in [-0.2, -0.15) is 0 Å². The number of carbonyl (C=O) groups is 2. The van der Waals surface area contributed by atoms with Gasteiger partial charge in [0.15, 0.2) is 0 Å². The summed E-state index contributed by atoms with van der Waals surface area (Å²) in [6, 6.07) is 0. The molecule has 0 aromatic carbocycles. The third-order valence-electron chi connectivity index (χ3n) is 4.21. The zero-order valence-electron chi connectivity index (χ0n) is 13.3. The lowest BCUT2D eigenvalue weighted by molar-refractivity contribution is -0.123. The van der Waals surface area contributed by atoms with E-state index in [0.717, 1.165) is 44.9 Å². The van der Waals surface area contributed by atoms with Gasteiger partial charge in [0.25, 0.3) is 0 Å². The molecule has 0 N–H and O–H groups in total. The van der Waals surface area contributed by atoms with Crippen LogP contribution in [0.4, 0.5) is 0 Å². The first-order valence-electron chi connectivity index (χ1n) is 8.54. The standard InChI is InChI=1S/C19H30O2/c1-2-12-17-13-9-7-5-3-4-6-8-10-14-18(20)15-11-16-19(17)21/h2,5,7,17H,1,3-4,6,8-16H2/b7-5+.